The second-order valence-electron chi connectivity index (χ2n) is 6.37. The molecule has 2 fully saturated rings. The third-order valence-electron chi connectivity index (χ3n) is 4.64. The van der Waals surface area contributed by atoms with Crippen LogP contribution in [-0.4, -0.2) is 58.2 Å². The normalized spacial score (nSPS) is 23.0. The van der Waals surface area contributed by atoms with Crippen LogP contribution in [0, 0.1) is 5.92 Å². The van der Waals surface area contributed by atoms with Crippen LogP contribution in [0.4, 0.5) is 5.69 Å². The fraction of sp³-hybridized carbons (Fsp3) is 0.562. The lowest BCUT2D eigenvalue weighted by atomic mass is 10.1. The van der Waals surface area contributed by atoms with E-state index in [0.29, 0.717) is 35.2 Å². The van der Waals surface area contributed by atoms with Crippen LogP contribution in [0.5, 0.6) is 0 Å². The highest BCUT2D eigenvalue weighted by Gasteiger charge is 2.30. The maximum atomic E-state index is 12.7. The van der Waals surface area contributed by atoms with Crippen LogP contribution < -0.4 is 9.62 Å². The number of benzene rings is 1. The number of nitrogens with zero attached hydrogens (tertiary/aromatic N) is 2. The second kappa shape index (κ2) is 6.90. The molecule has 132 valence electrons. The molecule has 24 heavy (non-hydrogen) atoms. The predicted molar refractivity (Wildman–Crippen MR) is 95.1 cm³/mol. The van der Waals surface area contributed by atoms with Gasteiger partial charge in [-0.2, -0.15) is 0 Å². The molecule has 1 amide bonds. The van der Waals surface area contributed by atoms with E-state index >= 15 is 0 Å². The highest BCUT2D eigenvalue weighted by molar-refractivity contribution is 7.93. The Morgan fingerprint density at radius 2 is 2.17 bits per heavy atom. The van der Waals surface area contributed by atoms with Gasteiger partial charge in [-0.3, -0.25) is 9.10 Å². The van der Waals surface area contributed by atoms with Gasteiger partial charge in [0.15, 0.2) is 0 Å². The topological polar surface area (TPSA) is 69.7 Å². The van der Waals surface area contributed by atoms with Crippen LogP contribution in [0.1, 0.15) is 23.2 Å². The summed E-state index contributed by atoms with van der Waals surface area (Å²) in [7, 11) is -1.34. The van der Waals surface area contributed by atoms with E-state index in [1.165, 1.54) is 4.31 Å². The van der Waals surface area contributed by atoms with Gasteiger partial charge in [-0.1, -0.05) is 11.6 Å². The van der Waals surface area contributed by atoms with Gasteiger partial charge in [-0.25, -0.2) is 8.42 Å². The third-order valence-corrected chi connectivity index (χ3v) is 6.82. The number of amides is 1. The molecular formula is C16H22ClN3O3S. The van der Waals surface area contributed by atoms with Gasteiger partial charge >= 0.3 is 0 Å². The molecule has 1 unspecified atom stereocenters. The summed E-state index contributed by atoms with van der Waals surface area (Å²) in [6, 6.07) is 4.89. The predicted octanol–water partition coefficient (Wildman–Crippen LogP) is 1.56. The number of rotatable bonds is 4. The molecule has 8 heteroatoms. The first-order valence-corrected chi connectivity index (χ1v) is 10.1. The quantitative estimate of drug-likeness (QED) is 0.872. The Morgan fingerprint density at radius 3 is 2.79 bits per heavy atom. The number of sulfonamides is 1. The van der Waals surface area contributed by atoms with Gasteiger partial charge in [-0.05, 0) is 50.6 Å². The minimum atomic E-state index is -3.25. The van der Waals surface area contributed by atoms with Crippen molar-refractivity contribution in [3.8, 4) is 0 Å². The van der Waals surface area contributed by atoms with Crippen molar-refractivity contribution in [1.82, 2.24) is 10.2 Å². The molecule has 6 nitrogen and oxygen atoms in total. The zero-order chi connectivity index (χ0) is 17.3. The molecule has 1 N–H and O–H groups in total. The van der Waals surface area contributed by atoms with Crippen molar-refractivity contribution in [3.05, 3.63) is 28.8 Å². The average Bonchev–Trinajstić information content (AvgIpc) is 3.13. The third kappa shape index (κ3) is 3.38. The molecule has 3 rings (SSSR count). The van der Waals surface area contributed by atoms with Crippen molar-refractivity contribution in [1.29, 1.82) is 0 Å². The standard InChI is InChI=1S/C16H22ClN3O3S/c1-18-10-12-5-7-19(11-12)16(21)14-4-3-13(9-15(14)17)20-6-2-8-24(20,22)23/h3-4,9,12,18H,2,5-8,10-11H2,1H3. The van der Waals surface area contributed by atoms with Gasteiger partial charge in [0.1, 0.15) is 0 Å². The number of nitrogens with one attached hydrogen (secondary N) is 1. The summed E-state index contributed by atoms with van der Waals surface area (Å²) >= 11 is 6.29. The first kappa shape index (κ1) is 17.5. The minimum absolute atomic E-state index is 0.0885. The van der Waals surface area contributed by atoms with E-state index < -0.39 is 10.0 Å². The SMILES string of the molecule is CNCC1CCN(C(=O)c2ccc(N3CCCS3(=O)=O)cc2Cl)C1. The number of anilines is 1. The first-order valence-electron chi connectivity index (χ1n) is 8.16. The van der Waals surface area contributed by atoms with E-state index in [4.69, 9.17) is 11.6 Å². The number of carbonyl (C=O) groups excluding carboxylic acids is 1. The zero-order valence-electron chi connectivity index (χ0n) is 13.7. The molecule has 1 aromatic carbocycles. The Hall–Kier alpha value is -1.31. The Morgan fingerprint density at radius 1 is 1.38 bits per heavy atom. The molecule has 2 saturated heterocycles. The second-order valence-corrected chi connectivity index (χ2v) is 8.79. The zero-order valence-corrected chi connectivity index (χ0v) is 15.2. The molecule has 2 aliphatic rings. The van der Waals surface area contributed by atoms with Crippen molar-refractivity contribution in [2.45, 2.75) is 12.8 Å². The number of halogens is 1. The molecule has 2 heterocycles. The minimum Gasteiger partial charge on any atom is -0.338 e. The van der Waals surface area contributed by atoms with Crippen LogP contribution in [0.2, 0.25) is 5.02 Å². The summed E-state index contributed by atoms with van der Waals surface area (Å²) in [5.41, 5.74) is 0.964. The van der Waals surface area contributed by atoms with Crippen LogP contribution in [0.3, 0.4) is 0 Å². The van der Waals surface area contributed by atoms with E-state index in [-0.39, 0.29) is 11.7 Å². The fourth-order valence-electron chi connectivity index (χ4n) is 3.40. The summed E-state index contributed by atoms with van der Waals surface area (Å²) < 4.78 is 25.4. The number of likely N-dealkylation sites (tertiary alicyclic amines) is 1. The number of carbonyl (C=O) groups is 1. The van der Waals surface area contributed by atoms with Gasteiger partial charge in [-0.15, -0.1) is 0 Å². The highest BCUT2D eigenvalue weighted by atomic mass is 35.5. The van der Waals surface area contributed by atoms with Crippen molar-refractivity contribution in [3.63, 3.8) is 0 Å². The summed E-state index contributed by atoms with van der Waals surface area (Å²) in [6.07, 6.45) is 1.59. The summed E-state index contributed by atoms with van der Waals surface area (Å²) in [5.74, 6) is 0.535. The highest BCUT2D eigenvalue weighted by Crippen LogP contribution is 2.30. The summed E-state index contributed by atoms with van der Waals surface area (Å²) in [6.45, 7) is 2.80. The largest absolute Gasteiger partial charge is 0.338 e. The van der Waals surface area contributed by atoms with E-state index in [1.54, 1.807) is 18.2 Å². The maximum Gasteiger partial charge on any atom is 0.255 e. The van der Waals surface area contributed by atoms with Crippen molar-refractivity contribution < 1.29 is 13.2 Å². The monoisotopic (exact) mass is 371 g/mol. The first-order chi connectivity index (χ1) is 11.4. The maximum absolute atomic E-state index is 12.7. The molecular weight excluding hydrogens is 350 g/mol. The van der Waals surface area contributed by atoms with Crippen molar-refractivity contribution in [2.24, 2.45) is 5.92 Å². The molecule has 0 aliphatic carbocycles. The Kier molecular flexibility index (Phi) is 5.03. The van der Waals surface area contributed by atoms with Gasteiger partial charge in [0.2, 0.25) is 10.0 Å². The Labute approximate surface area is 147 Å². The molecule has 2 aliphatic heterocycles. The van der Waals surface area contributed by atoms with Crippen LogP contribution >= 0.6 is 11.6 Å². The van der Waals surface area contributed by atoms with E-state index in [0.717, 1.165) is 26.1 Å². The average molecular weight is 372 g/mol. The number of hydrogen-bond acceptors (Lipinski definition) is 4. The molecule has 0 aromatic heterocycles. The van der Waals surface area contributed by atoms with Crippen LogP contribution in [0.25, 0.3) is 0 Å². The van der Waals surface area contributed by atoms with E-state index in [9.17, 15) is 13.2 Å². The molecule has 1 atom stereocenters. The molecule has 0 bridgehead atoms. The lowest BCUT2D eigenvalue weighted by Crippen LogP contribution is -2.30. The van der Waals surface area contributed by atoms with Crippen LogP contribution in [0.15, 0.2) is 18.2 Å². The van der Waals surface area contributed by atoms with Gasteiger partial charge in [0, 0.05) is 19.6 Å². The van der Waals surface area contributed by atoms with Gasteiger partial charge in [0.25, 0.3) is 5.91 Å². The van der Waals surface area contributed by atoms with Gasteiger partial charge < -0.3 is 10.2 Å². The summed E-state index contributed by atoms with van der Waals surface area (Å²) in [4.78, 5) is 14.5. The van der Waals surface area contributed by atoms with Gasteiger partial charge in [0.05, 0.1) is 22.0 Å². The smallest absolute Gasteiger partial charge is 0.255 e. The van der Waals surface area contributed by atoms with E-state index in [1.807, 2.05) is 11.9 Å². The molecule has 0 saturated carbocycles. The van der Waals surface area contributed by atoms with Crippen molar-refractivity contribution in [2.75, 3.05) is 43.3 Å². The van der Waals surface area contributed by atoms with Crippen LogP contribution in [-0.2, 0) is 10.0 Å². The molecule has 0 radical (unpaired) electrons. The summed E-state index contributed by atoms with van der Waals surface area (Å²) in [5, 5.41) is 3.44. The lowest BCUT2D eigenvalue weighted by Gasteiger charge is -2.20. The Bertz CT molecular complexity index is 738. The fourth-order valence-corrected chi connectivity index (χ4v) is 5.22. The molecule has 1 aromatic rings. The lowest BCUT2D eigenvalue weighted by molar-refractivity contribution is 0.0787. The van der Waals surface area contributed by atoms with Crippen molar-refractivity contribution >= 4 is 33.2 Å². The molecule has 0 spiro atoms. The Balaban J connectivity index is 1.77. The number of hydrogen-bond donors (Lipinski definition) is 1. The van der Waals surface area contributed by atoms with E-state index in [2.05, 4.69) is 5.32 Å².